The molecule has 1 aromatic rings. The Balaban J connectivity index is 1.71. The first-order valence-electron chi connectivity index (χ1n) is 7.46. The first-order valence-corrected chi connectivity index (χ1v) is 7.46. The average molecular weight is 246 g/mol. The molecule has 1 aliphatic rings. The van der Waals surface area contributed by atoms with Crippen molar-refractivity contribution in [2.75, 3.05) is 6.61 Å². The SMILES string of the molecule is Cc1cccc(C)c1OCCCC1CCCCC1. The molecule has 1 nitrogen and oxygen atoms in total. The summed E-state index contributed by atoms with van der Waals surface area (Å²) in [6.45, 7) is 5.13. The van der Waals surface area contributed by atoms with Gasteiger partial charge in [-0.15, -0.1) is 0 Å². The van der Waals surface area contributed by atoms with Crippen molar-refractivity contribution in [3.05, 3.63) is 29.3 Å². The molecule has 0 N–H and O–H groups in total. The summed E-state index contributed by atoms with van der Waals surface area (Å²) in [7, 11) is 0. The van der Waals surface area contributed by atoms with Crippen LogP contribution in [0.1, 0.15) is 56.1 Å². The molecule has 0 bridgehead atoms. The van der Waals surface area contributed by atoms with Crippen molar-refractivity contribution in [2.24, 2.45) is 5.92 Å². The zero-order chi connectivity index (χ0) is 12.8. The van der Waals surface area contributed by atoms with Crippen LogP contribution in [-0.2, 0) is 0 Å². The minimum Gasteiger partial charge on any atom is -0.493 e. The van der Waals surface area contributed by atoms with E-state index < -0.39 is 0 Å². The van der Waals surface area contributed by atoms with E-state index in [1.807, 2.05) is 0 Å². The monoisotopic (exact) mass is 246 g/mol. The van der Waals surface area contributed by atoms with E-state index in [2.05, 4.69) is 32.0 Å². The molecule has 0 aromatic heterocycles. The maximum atomic E-state index is 5.96. The van der Waals surface area contributed by atoms with Crippen molar-refractivity contribution < 1.29 is 4.74 Å². The molecule has 0 radical (unpaired) electrons. The Morgan fingerprint density at radius 3 is 2.39 bits per heavy atom. The van der Waals surface area contributed by atoms with Crippen LogP contribution >= 0.6 is 0 Å². The topological polar surface area (TPSA) is 9.23 Å². The van der Waals surface area contributed by atoms with E-state index in [0.717, 1.165) is 18.3 Å². The number of rotatable bonds is 5. The highest BCUT2D eigenvalue weighted by Gasteiger charge is 2.12. The van der Waals surface area contributed by atoms with Gasteiger partial charge in [0.2, 0.25) is 0 Å². The highest BCUT2D eigenvalue weighted by atomic mass is 16.5. The molecule has 0 unspecified atom stereocenters. The highest BCUT2D eigenvalue weighted by Crippen LogP contribution is 2.28. The number of ether oxygens (including phenoxy) is 1. The van der Waals surface area contributed by atoms with E-state index in [4.69, 9.17) is 4.74 Å². The molecular formula is C17H26O. The van der Waals surface area contributed by atoms with Crippen molar-refractivity contribution in [3.63, 3.8) is 0 Å². The second-order valence-electron chi connectivity index (χ2n) is 5.72. The van der Waals surface area contributed by atoms with E-state index in [0.29, 0.717) is 0 Å². The summed E-state index contributed by atoms with van der Waals surface area (Å²) < 4.78 is 5.96. The molecule has 1 aromatic carbocycles. The Bertz CT molecular complexity index is 344. The molecule has 0 heterocycles. The maximum absolute atomic E-state index is 5.96. The lowest BCUT2D eigenvalue weighted by Gasteiger charge is -2.21. The largest absolute Gasteiger partial charge is 0.493 e. The quantitative estimate of drug-likeness (QED) is 0.661. The summed E-state index contributed by atoms with van der Waals surface area (Å²) in [4.78, 5) is 0. The summed E-state index contributed by atoms with van der Waals surface area (Å²) in [6.07, 6.45) is 9.80. The van der Waals surface area contributed by atoms with Gasteiger partial charge in [-0.2, -0.15) is 0 Å². The zero-order valence-electron chi connectivity index (χ0n) is 11.9. The summed E-state index contributed by atoms with van der Waals surface area (Å²) >= 11 is 0. The first kappa shape index (κ1) is 13.5. The fourth-order valence-electron chi connectivity index (χ4n) is 3.05. The van der Waals surface area contributed by atoms with Crippen molar-refractivity contribution in [2.45, 2.75) is 58.8 Å². The molecule has 0 amide bonds. The van der Waals surface area contributed by atoms with E-state index in [-0.39, 0.29) is 0 Å². The van der Waals surface area contributed by atoms with Gasteiger partial charge < -0.3 is 4.74 Å². The summed E-state index contributed by atoms with van der Waals surface area (Å²) in [5.41, 5.74) is 2.51. The molecule has 1 heteroatoms. The van der Waals surface area contributed by atoms with Gasteiger partial charge in [0.05, 0.1) is 6.61 Å². The van der Waals surface area contributed by atoms with Gasteiger partial charge in [-0.25, -0.2) is 0 Å². The van der Waals surface area contributed by atoms with Gasteiger partial charge in [0.1, 0.15) is 5.75 Å². The predicted octanol–water partition coefficient (Wildman–Crippen LogP) is 5.04. The number of hydrogen-bond donors (Lipinski definition) is 0. The van der Waals surface area contributed by atoms with E-state index in [1.54, 1.807) is 0 Å². The average Bonchev–Trinajstić information content (AvgIpc) is 2.38. The summed E-state index contributed by atoms with van der Waals surface area (Å²) in [5.74, 6) is 2.07. The van der Waals surface area contributed by atoms with Crippen LogP contribution in [0.15, 0.2) is 18.2 Å². The molecule has 1 saturated carbocycles. The van der Waals surface area contributed by atoms with Crippen LogP contribution in [-0.4, -0.2) is 6.61 Å². The Hall–Kier alpha value is -0.980. The van der Waals surface area contributed by atoms with E-state index >= 15 is 0 Å². The lowest BCUT2D eigenvalue weighted by molar-refractivity contribution is 0.267. The van der Waals surface area contributed by atoms with Crippen molar-refractivity contribution in [1.29, 1.82) is 0 Å². The Morgan fingerprint density at radius 2 is 1.72 bits per heavy atom. The number of para-hydroxylation sites is 1. The number of aryl methyl sites for hydroxylation is 2. The van der Waals surface area contributed by atoms with Crippen LogP contribution in [0, 0.1) is 19.8 Å². The molecular weight excluding hydrogens is 220 g/mol. The van der Waals surface area contributed by atoms with Crippen LogP contribution in [0.2, 0.25) is 0 Å². The van der Waals surface area contributed by atoms with Crippen LogP contribution in [0.25, 0.3) is 0 Å². The molecule has 0 aliphatic heterocycles. The molecule has 2 rings (SSSR count). The Kier molecular flexibility index (Phi) is 5.10. The second-order valence-corrected chi connectivity index (χ2v) is 5.72. The summed E-state index contributed by atoms with van der Waals surface area (Å²) in [5, 5.41) is 0. The molecule has 18 heavy (non-hydrogen) atoms. The molecule has 0 atom stereocenters. The fourth-order valence-corrected chi connectivity index (χ4v) is 3.05. The van der Waals surface area contributed by atoms with Gasteiger partial charge >= 0.3 is 0 Å². The Morgan fingerprint density at radius 1 is 1.06 bits per heavy atom. The molecule has 1 fully saturated rings. The highest BCUT2D eigenvalue weighted by molar-refractivity contribution is 5.39. The van der Waals surface area contributed by atoms with E-state index in [1.165, 1.54) is 56.1 Å². The minimum atomic E-state index is 0.877. The van der Waals surface area contributed by atoms with Crippen LogP contribution in [0.4, 0.5) is 0 Å². The van der Waals surface area contributed by atoms with Gasteiger partial charge in [-0.05, 0) is 43.7 Å². The van der Waals surface area contributed by atoms with Crippen LogP contribution in [0.3, 0.4) is 0 Å². The van der Waals surface area contributed by atoms with Crippen LogP contribution < -0.4 is 4.74 Å². The van der Waals surface area contributed by atoms with Crippen LogP contribution in [0.5, 0.6) is 5.75 Å². The van der Waals surface area contributed by atoms with Crippen molar-refractivity contribution >= 4 is 0 Å². The lowest BCUT2D eigenvalue weighted by atomic mass is 9.86. The molecule has 100 valence electrons. The fraction of sp³-hybridized carbons (Fsp3) is 0.647. The predicted molar refractivity (Wildman–Crippen MR) is 77.2 cm³/mol. The third-order valence-electron chi connectivity index (χ3n) is 4.14. The third-order valence-corrected chi connectivity index (χ3v) is 4.14. The first-order chi connectivity index (χ1) is 8.77. The standard InChI is InChI=1S/C17H26O/c1-14-8-6-9-15(2)17(14)18-13-7-12-16-10-4-3-5-11-16/h6,8-9,16H,3-5,7,10-13H2,1-2H3. The summed E-state index contributed by atoms with van der Waals surface area (Å²) in [6, 6.07) is 6.35. The van der Waals surface area contributed by atoms with Gasteiger partial charge in [-0.1, -0.05) is 50.3 Å². The van der Waals surface area contributed by atoms with Gasteiger partial charge in [-0.3, -0.25) is 0 Å². The van der Waals surface area contributed by atoms with Gasteiger partial charge in [0, 0.05) is 0 Å². The molecule has 1 aliphatic carbocycles. The van der Waals surface area contributed by atoms with Gasteiger partial charge in [0.15, 0.2) is 0 Å². The maximum Gasteiger partial charge on any atom is 0.125 e. The van der Waals surface area contributed by atoms with E-state index in [9.17, 15) is 0 Å². The lowest BCUT2D eigenvalue weighted by Crippen LogP contribution is -2.08. The van der Waals surface area contributed by atoms with Crippen molar-refractivity contribution in [3.8, 4) is 5.75 Å². The number of benzene rings is 1. The molecule has 0 spiro atoms. The zero-order valence-corrected chi connectivity index (χ0v) is 11.9. The normalized spacial score (nSPS) is 16.8. The third kappa shape index (κ3) is 3.76. The minimum absolute atomic E-state index is 0.877. The van der Waals surface area contributed by atoms with Crippen molar-refractivity contribution in [1.82, 2.24) is 0 Å². The van der Waals surface area contributed by atoms with Gasteiger partial charge in [0.25, 0.3) is 0 Å². The second kappa shape index (κ2) is 6.82. The Labute approximate surface area is 112 Å². The number of hydrogen-bond acceptors (Lipinski definition) is 1. The molecule has 0 saturated heterocycles. The smallest absolute Gasteiger partial charge is 0.125 e.